The summed E-state index contributed by atoms with van der Waals surface area (Å²) < 4.78 is 5.79. The number of ether oxygens (including phenoxy) is 1. The van der Waals surface area contributed by atoms with Crippen LogP contribution in [0, 0.1) is 20.8 Å². The predicted molar refractivity (Wildman–Crippen MR) is 121 cm³/mol. The molecular formula is C24H26N4O3. The van der Waals surface area contributed by atoms with Gasteiger partial charge in [-0.3, -0.25) is 4.79 Å². The van der Waals surface area contributed by atoms with E-state index in [0.29, 0.717) is 17.2 Å². The van der Waals surface area contributed by atoms with E-state index in [1.54, 1.807) is 25.3 Å². The van der Waals surface area contributed by atoms with Crippen molar-refractivity contribution in [2.24, 2.45) is 10.9 Å². The van der Waals surface area contributed by atoms with Crippen molar-refractivity contribution in [3.8, 4) is 11.6 Å². The number of rotatable bonds is 7. The molecule has 3 aromatic rings. The van der Waals surface area contributed by atoms with Gasteiger partial charge in [0.05, 0.1) is 5.56 Å². The van der Waals surface area contributed by atoms with Gasteiger partial charge in [-0.05, 0) is 63.1 Å². The summed E-state index contributed by atoms with van der Waals surface area (Å²) in [7, 11) is 0. The number of para-hydroxylation sites is 1. The van der Waals surface area contributed by atoms with E-state index in [1.807, 2.05) is 63.2 Å². The Balaban J connectivity index is 1.70. The second-order valence-corrected chi connectivity index (χ2v) is 7.26. The molecule has 3 rings (SSSR count). The van der Waals surface area contributed by atoms with Gasteiger partial charge in [-0.15, -0.1) is 0 Å². The Morgan fingerprint density at radius 3 is 2.42 bits per heavy atom. The van der Waals surface area contributed by atoms with Crippen molar-refractivity contribution in [2.45, 2.75) is 33.8 Å². The number of anilines is 1. The van der Waals surface area contributed by atoms with E-state index in [0.717, 1.165) is 22.4 Å². The summed E-state index contributed by atoms with van der Waals surface area (Å²) in [5.74, 6) is 0.647. The van der Waals surface area contributed by atoms with Crippen molar-refractivity contribution >= 4 is 17.4 Å². The van der Waals surface area contributed by atoms with Gasteiger partial charge in [-0.2, -0.15) is 0 Å². The maximum atomic E-state index is 12.6. The summed E-state index contributed by atoms with van der Waals surface area (Å²) in [5.41, 5.74) is 10.4. The fraction of sp³-hybridized carbons (Fsp3) is 0.208. The quantitative estimate of drug-likeness (QED) is 0.335. The number of amides is 1. The number of pyridine rings is 1. The third kappa shape index (κ3) is 5.60. The number of nitrogens with zero attached hydrogens (tertiary/aromatic N) is 2. The molecule has 2 aromatic carbocycles. The van der Waals surface area contributed by atoms with Crippen LogP contribution >= 0.6 is 0 Å². The summed E-state index contributed by atoms with van der Waals surface area (Å²) in [6, 6.07) is 16.7. The minimum Gasteiger partial charge on any atom is -0.438 e. The molecule has 3 N–H and O–H groups in total. The molecule has 0 aliphatic rings. The van der Waals surface area contributed by atoms with Crippen LogP contribution in [-0.4, -0.2) is 22.8 Å². The molecule has 0 aliphatic heterocycles. The van der Waals surface area contributed by atoms with Gasteiger partial charge in [0.1, 0.15) is 5.75 Å². The zero-order chi connectivity index (χ0) is 22.4. The number of nitrogens with one attached hydrogen (secondary N) is 1. The smallest absolute Gasteiger partial charge is 0.268 e. The van der Waals surface area contributed by atoms with Crippen LogP contribution in [0.4, 0.5) is 5.69 Å². The number of benzene rings is 2. The SMILES string of the molecule is Cc1cc(C)c(NC(=O)C(C)ON=C(N)c2cccnc2Oc2ccccc2)c(C)c1. The number of oxime groups is 1. The first-order valence-corrected chi connectivity index (χ1v) is 9.91. The van der Waals surface area contributed by atoms with Gasteiger partial charge in [-0.1, -0.05) is 41.1 Å². The molecule has 0 spiro atoms. The fourth-order valence-corrected chi connectivity index (χ4v) is 3.10. The number of nitrogens with two attached hydrogens (primary N) is 1. The van der Waals surface area contributed by atoms with Crippen molar-refractivity contribution in [1.82, 2.24) is 4.98 Å². The minimum atomic E-state index is -0.853. The Kier molecular flexibility index (Phi) is 6.87. The Bertz CT molecular complexity index is 1070. The van der Waals surface area contributed by atoms with Gasteiger partial charge < -0.3 is 20.6 Å². The van der Waals surface area contributed by atoms with Gasteiger partial charge in [-0.25, -0.2) is 4.98 Å². The molecule has 31 heavy (non-hydrogen) atoms. The molecule has 1 unspecified atom stereocenters. The zero-order valence-electron chi connectivity index (χ0n) is 18.0. The highest BCUT2D eigenvalue weighted by molar-refractivity contribution is 5.99. The standard InChI is InChI=1S/C24H26N4O3/c1-15-13-16(2)21(17(3)14-15)27-23(29)18(4)31-28-22(25)20-11-8-12-26-24(20)30-19-9-6-5-7-10-19/h5-14,18H,1-4H3,(H2,25,28)(H,27,29). The summed E-state index contributed by atoms with van der Waals surface area (Å²) in [5, 5.41) is 6.83. The van der Waals surface area contributed by atoms with Crippen LogP contribution in [0.15, 0.2) is 65.9 Å². The van der Waals surface area contributed by atoms with Gasteiger partial charge in [0.2, 0.25) is 12.0 Å². The summed E-state index contributed by atoms with van der Waals surface area (Å²) in [6.45, 7) is 7.53. The Morgan fingerprint density at radius 1 is 1.06 bits per heavy atom. The number of carbonyl (C=O) groups excluding carboxylic acids is 1. The van der Waals surface area contributed by atoms with Crippen molar-refractivity contribution in [2.75, 3.05) is 5.32 Å². The molecule has 0 radical (unpaired) electrons. The lowest BCUT2D eigenvalue weighted by atomic mass is 10.0. The highest BCUT2D eigenvalue weighted by atomic mass is 16.6. The monoisotopic (exact) mass is 418 g/mol. The number of aromatic nitrogens is 1. The van der Waals surface area contributed by atoms with E-state index in [4.69, 9.17) is 15.3 Å². The van der Waals surface area contributed by atoms with Crippen LogP contribution in [0.25, 0.3) is 0 Å². The molecule has 0 bridgehead atoms. The molecule has 1 aromatic heterocycles. The first-order valence-electron chi connectivity index (χ1n) is 9.91. The van der Waals surface area contributed by atoms with Crippen LogP contribution in [0.1, 0.15) is 29.2 Å². The normalized spacial score (nSPS) is 12.2. The fourth-order valence-electron chi connectivity index (χ4n) is 3.10. The van der Waals surface area contributed by atoms with E-state index < -0.39 is 6.10 Å². The third-order valence-corrected chi connectivity index (χ3v) is 4.61. The molecule has 1 atom stereocenters. The van der Waals surface area contributed by atoms with E-state index in [-0.39, 0.29) is 11.7 Å². The molecule has 160 valence electrons. The number of hydrogen-bond acceptors (Lipinski definition) is 5. The zero-order valence-corrected chi connectivity index (χ0v) is 18.0. The average Bonchev–Trinajstić information content (AvgIpc) is 2.75. The molecule has 0 saturated carbocycles. The molecule has 0 saturated heterocycles. The van der Waals surface area contributed by atoms with Crippen LogP contribution in [-0.2, 0) is 9.63 Å². The number of aryl methyl sites for hydroxylation is 3. The highest BCUT2D eigenvalue weighted by Crippen LogP contribution is 2.23. The second kappa shape index (κ2) is 9.75. The second-order valence-electron chi connectivity index (χ2n) is 7.26. The number of hydrogen-bond donors (Lipinski definition) is 2. The number of amidine groups is 1. The van der Waals surface area contributed by atoms with Crippen molar-refractivity contribution in [1.29, 1.82) is 0 Å². The first-order chi connectivity index (χ1) is 14.8. The molecule has 0 fully saturated rings. The molecular weight excluding hydrogens is 392 g/mol. The molecule has 1 heterocycles. The first kappa shape index (κ1) is 21.8. The van der Waals surface area contributed by atoms with Crippen molar-refractivity contribution in [3.63, 3.8) is 0 Å². The summed E-state index contributed by atoms with van der Waals surface area (Å²) in [4.78, 5) is 22.2. The van der Waals surface area contributed by atoms with Crippen LogP contribution in [0.2, 0.25) is 0 Å². The van der Waals surface area contributed by atoms with Gasteiger partial charge >= 0.3 is 0 Å². The predicted octanol–water partition coefficient (Wildman–Crippen LogP) is 4.46. The van der Waals surface area contributed by atoms with Crippen LogP contribution in [0.5, 0.6) is 11.6 Å². The lowest BCUT2D eigenvalue weighted by molar-refractivity contribution is -0.126. The van der Waals surface area contributed by atoms with Crippen molar-refractivity contribution in [3.05, 3.63) is 83.0 Å². The molecule has 7 nitrogen and oxygen atoms in total. The van der Waals surface area contributed by atoms with Crippen molar-refractivity contribution < 1.29 is 14.4 Å². The summed E-state index contributed by atoms with van der Waals surface area (Å²) in [6.07, 6.45) is 0.743. The van der Waals surface area contributed by atoms with E-state index >= 15 is 0 Å². The van der Waals surface area contributed by atoms with Gasteiger partial charge in [0, 0.05) is 11.9 Å². The molecule has 0 aliphatic carbocycles. The van der Waals surface area contributed by atoms with Gasteiger partial charge in [0.25, 0.3) is 5.91 Å². The summed E-state index contributed by atoms with van der Waals surface area (Å²) >= 11 is 0. The van der Waals surface area contributed by atoms with Gasteiger partial charge in [0.15, 0.2) is 5.84 Å². The van der Waals surface area contributed by atoms with E-state index in [1.165, 1.54) is 0 Å². The van der Waals surface area contributed by atoms with Crippen LogP contribution in [0.3, 0.4) is 0 Å². The number of carbonyl (C=O) groups is 1. The third-order valence-electron chi connectivity index (χ3n) is 4.61. The molecule has 7 heteroatoms. The Morgan fingerprint density at radius 2 is 1.74 bits per heavy atom. The molecule has 1 amide bonds. The highest BCUT2D eigenvalue weighted by Gasteiger charge is 2.18. The Labute approximate surface area is 181 Å². The van der Waals surface area contributed by atoms with Crippen LogP contribution < -0.4 is 15.8 Å². The lowest BCUT2D eigenvalue weighted by Crippen LogP contribution is -2.28. The average molecular weight is 418 g/mol. The largest absolute Gasteiger partial charge is 0.438 e. The maximum absolute atomic E-state index is 12.6. The van der Waals surface area contributed by atoms with E-state index in [2.05, 4.69) is 15.5 Å². The maximum Gasteiger partial charge on any atom is 0.268 e. The van der Waals surface area contributed by atoms with E-state index in [9.17, 15) is 4.79 Å². The lowest BCUT2D eigenvalue weighted by Gasteiger charge is -2.15. The topological polar surface area (TPSA) is 98.8 Å². The minimum absolute atomic E-state index is 0.0568. The Hall–Kier alpha value is -3.87.